The Hall–Kier alpha value is -2.11. The van der Waals surface area contributed by atoms with Crippen molar-refractivity contribution >= 4 is 35.1 Å². The van der Waals surface area contributed by atoms with Crippen LogP contribution in [0.5, 0.6) is 5.75 Å². The first-order valence-electron chi connectivity index (χ1n) is 6.25. The Balaban J connectivity index is 1.90. The van der Waals surface area contributed by atoms with Gasteiger partial charge in [0.1, 0.15) is 12.4 Å². The van der Waals surface area contributed by atoms with Gasteiger partial charge < -0.3 is 10.5 Å². The Bertz CT molecular complexity index is 644. The summed E-state index contributed by atoms with van der Waals surface area (Å²) in [4.78, 5) is 0. The zero-order chi connectivity index (χ0) is 15.1. The highest BCUT2D eigenvalue weighted by Gasteiger charge is 1.98. The molecular weight excluding hydrogens is 306 g/mol. The van der Waals surface area contributed by atoms with E-state index in [2.05, 4.69) is 22.7 Å². The Kier molecular flexibility index (Phi) is 5.54. The second-order valence-electron chi connectivity index (χ2n) is 4.27. The number of thiocarbonyl (C=S) groups is 1. The van der Waals surface area contributed by atoms with Gasteiger partial charge in [0.25, 0.3) is 0 Å². The number of hydrogen-bond acceptors (Lipinski definition) is 2. The van der Waals surface area contributed by atoms with Crippen LogP contribution in [0.1, 0.15) is 11.1 Å². The van der Waals surface area contributed by atoms with E-state index >= 15 is 0 Å². The van der Waals surface area contributed by atoms with E-state index in [4.69, 9.17) is 22.1 Å². The van der Waals surface area contributed by atoms with Crippen LogP contribution in [0.2, 0.25) is 5.02 Å². The van der Waals surface area contributed by atoms with Crippen molar-refractivity contribution in [2.75, 3.05) is 0 Å². The van der Waals surface area contributed by atoms with Crippen LogP contribution in [-0.2, 0) is 6.61 Å². The van der Waals surface area contributed by atoms with Gasteiger partial charge >= 0.3 is 0 Å². The van der Waals surface area contributed by atoms with Gasteiger partial charge in [-0.1, -0.05) is 23.7 Å². The lowest BCUT2D eigenvalue weighted by molar-refractivity contribution is -0.499. The van der Waals surface area contributed by atoms with Crippen molar-refractivity contribution in [3.8, 4) is 5.75 Å². The molecule has 0 fully saturated rings. The normalized spacial score (nSPS) is 10.5. The van der Waals surface area contributed by atoms with Crippen LogP contribution >= 0.6 is 23.8 Å². The third kappa shape index (κ3) is 5.41. The smallest absolute Gasteiger partial charge is 0.221 e. The van der Waals surface area contributed by atoms with Gasteiger partial charge in [-0.3, -0.25) is 0 Å². The van der Waals surface area contributed by atoms with Gasteiger partial charge in [-0.05, 0) is 54.2 Å². The molecule has 0 aliphatic rings. The first-order valence-corrected chi connectivity index (χ1v) is 7.03. The number of nitrogens with one attached hydrogen (secondary N) is 2. The number of halogens is 1. The third-order valence-corrected chi connectivity index (χ3v) is 2.95. The quantitative estimate of drug-likeness (QED) is 0.440. The summed E-state index contributed by atoms with van der Waals surface area (Å²) in [6, 6.07) is 15.2. The summed E-state index contributed by atoms with van der Waals surface area (Å²) in [5.74, 6) is 0.787. The Morgan fingerprint density at radius 2 is 2.05 bits per heavy atom. The maximum Gasteiger partial charge on any atom is 0.221 e. The SMILES string of the molecule is NC(=S)N[NH+]=Cc1ccc(OCc2cccc(Cl)c2)cc1. The van der Waals surface area contributed by atoms with Gasteiger partial charge in [-0.15, -0.1) is 10.5 Å². The molecule has 21 heavy (non-hydrogen) atoms. The minimum atomic E-state index is 0.188. The summed E-state index contributed by atoms with van der Waals surface area (Å²) >= 11 is 10.6. The van der Waals surface area contributed by atoms with Crippen LogP contribution in [0.15, 0.2) is 48.5 Å². The zero-order valence-electron chi connectivity index (χ0n) is 11.2. The van der Waals surface area contributed by atoms with Gasteiger partial charge in [-0.2, -0.15) is 0 Å². The minimum Gasteiger partial charge on any atom is -0.489 e. The van der Waals surface area contributed by atoms with Gasteiger partial charge in [-0.25, -0.2) is 0 Å². The van der Waals surface area contributed by atoms with E-state index in [9.17, 15) is 0 Å². The molecule has 0 amide bonds. The van der Waals surface area contributed by atoms with Crippen molar-refractivity contribution in [3.05, 3.63) is 64.7 Å². The number of benzene rings is 2. The molecule has 2 rings (SSSR count). The lowest BCUT2D eigenvalue weighted by Crippen LogP contribution is -2.82. The molecule has 0 radical (unpaired) electrons. The van der Waals surface area contributed by atoms with E-state index in [0.717, 1.165) is 16.9 Å². The summed E-state index contributed by atoms with van der Waals surface area (Å²) in [5, 5.41) is 3.68. The molecule has 4 nitrogen and oxygen atoms in total. The molecule has 0 saturated carbocycles. The van der Waals surface area contributed by atoms with Crippen molar-refractivity contribution in [1.29, 1.82) is 0 Å². The predicted octanol–water partition coefficient (Wildman–Crippen LogP) is 1.17. The fourth-order valence-corrected chi connectivity index (χ4v) is 1.92. The predicted molar refractivity (Wildman–Crippen MR) is 88.3 cm³/mol. The second-order valence-corrected chi connectivity index (χ2v) is 5.14. The van der Waals surface area contributed by atoms with Crippen molar-refractivity contribution in [2.24, 2.45) is 5.73 Å². The molecule has 2 aromatic rings. The van der Waals surface area contributed by atoms with Gasteiger partial charge in [0.05, 0.1) is 0 Å². The first kappa shape index (κ1) is 15.3. The Morgan fingerprint density at radius 1 is 1.29 bits per heavy atom. The van der Waals surface area contributed by atoms with Crippen LogP contribution in [0, 0.1) is 0 Å². The number of nitrogens with two attached hydrogens (primary N) is 1. The molecule has 0 aliphatic heterocycles. The van der Waals surface area contributed by atoms with E-state index in [0.29, 0.717) is 11.6 Å². The zero-order valence-corrected chi connectivity index (χ0v) is 12.7. The number of rotatable bonds is 5. The molecule has 108 valence electrons. The Labute approximate surface area is 133 Å². The third-order valence-electron chi connectivity index (χ3n) is 2.61. The molecule has 4 N–H and O–H groups in total. The highest BCUT2D eigenvalue weighted by atomic mass is 35.5. The van der Waals surface area contributed by atoms with Crippen LogP contribution in [-0.4, -0.2) is 11.3 Å². The number of hydrazone groups is 1. The maximum atomic E-state index is 5.93. The van der Waals surface area contributed by atoms with E-state index in [-0.39, 0.29) is 5.11 Å². The average molecular weight is 321 g/mol. The van der Waals surface area contributed by atoms with E-state index in [1.807, 2.05) is 48.5 Å². The van der Waals surface area contributed by atoms with Crippen LogP contribution < -0.4 is 21.0 Å². The molecule has 6 heteroatoms. The molecule has 0 spiro atoms. The number of ether oxygens (including phenoxy) is 1. The molecule has 0 bridgehead atoms. The van der Waals surface area contributed by atoms with Gasteiger partial charge in [0, 0.05) is 10.6 Å². The van der Waals surface area contributed by atoms with E-state index < -0.39 is 0 Å². The topological polar surface area (TPSA) is 61.2 Å². The van der Waals surface area contributed by atoms with Crippen LogP contribution in [0.3, 0.4) is 0 Å². The summed E-state index contributed by atoms with van der Waals surface area (Å²) in [6.07, 6.45) is 1.75. The maximum absolute atomic E-state index is 5.93. The molecule has 2 aromatic carbocycles. The lowest BCUT2D eigenvalue weighted by atomic mass is 10.2. The van der Waals surface area contributed by atoms with E-state index in [1.54, 1.807) is 6.21 Å². The standard InChI is InChI=1S/C15H14ClN3OS/c16-13-3-1-2-12(8-13)10-20-14-6-4-11(5-7-14)9-18-19-15(17)21/h1-9H,10H2,(H3,17,19,21)/p+1. The molecule has 0 aliphatic carbocycles. The summed E-state index contributed by atoms with van der Waals surface area (Å²) in [7, 11) is 0. The lowest BCUT2D eigenvalue weighted by Gasteiger charge is -2.06. The molecule has 0 aromatic heterocycles. The second kappa shape index (κ2) is 7.61. The highest BCUT2D eigenvalue weighted by molar-refractivity contribution is 7.80. The molecule has 0 unspecified atom stereocenters. The van der Waals surface area contributed by atoms with Crippen LogP contribution in [0.4, 0.5) is 0 Å². The minimum absolute atomic E-state index is 0.188. The summed E-state index contributed by atoms with van der Waals surface area (Å²) < 4.78 is 5.70. The number of hydrogen-bond donors (Lipinski definition) is 3. The first-order chi connectivity index (χ1) is 10.1. The Morgan fingerprint density at radius 3 is 2.71 bits per heavy atom. The summed E-state index contributed by atoms with van der Waals surface area (Å²) in [5.41, 5.74) is 9.91. The van der Waals surface area contributed by atoms with Crippen molar-refractivity contribution in [3.63, 3.8) is 0 Å². The molecule has 0 atom stereocenters. The fraction of sp³-hybridized carbons (Fsp3) is 0.0667. The average Bonchev–Trinajstić information content (AvgIpc) is 2.46. The van der Waals surface area contributed by atoms with Gasteiger partial charge in [0.2, 0.25) is 5.11 Å². The molecule has 0 heterocycles. The molecule has 0 saturated heterocycles. The van der Waals surface area contributed by atoms with E-state index in [1.165, 1.54) is 0 Å². The monoisotopic (exact) mass is 320 g/mol. The van der Waals surface area contributed by atoms with Crippen molar-refractivity contribution in [2.45, 2.75) is 6.61 Å². The summed E-state index contributed by atoms with van der Waals surface area (Å²) in [6.45, 7) is 0.477. The van der Waals surface area contributed by atoms with Crippen molar-refractivity contribution < 1.29 is 9.84 Å². The van der Waals surface area contributed by atoms with Crippen molar-refractivity contribution in [1.82, 2.24) is 5.43 Å². The molecular formula is C15H15ClN3OS+. The largest absolute Gasteiger partial charge is 0.489 e. The van der Waals surface area contributed by atoms with Gasteiger partial charge in [0.15, 0.2) is 6.21 Å². The highest BCUT2D eigenvalue weighted by Crippen LogP contribution is 2.15. The van der Waals surface area contributed by atoms with Crippen LogP contribution in [0.25, 0.3) is 0 Å². The fourth-order valence-electron chi connectivity index (χ4n) is 1.64. The number of hydrazine groups is 1.